The maximum absolute atomic E-state index is 5.52. The normalized spacial score (nSPS) is 26.2. The zero-order valence-electron chi connectivity index (χ0n) is 8.94. The Morgan fingerprint density at radius 1 is 1.53 bits per heavy atom. The first-order valence-corrected chi connectivity index (χ1v) is 5.33. The van der Waals surface area contributed by atoms with Gasteiger partial charge in [0.2, 0.25) is 0 Å². The maximum Gasteiger partial charge on any atom is 0.123 e. The van der Waals surface area contributed by atoms with E-state index in [2.05, 4.69) is 17.2 Å². The van der Waals surface area contributed by atoms with Gasteiger partial charge in [-0.25, -0.2) is 4.98 Å². The Bertz CT molecular complexity index is 312. The van der Waals surface area contributed by atoms with Crippen LogP contribution in [0.25, 0.3) is 0 Å². The van der Waals surface area contributed by atoms with Crippen LogP contribution in [-0.4, -0.2) is 23.7 Å². The monoisotopic (exact) mass is 207 g/mol. The maximum atomic E-state index is 5.52. The van der Waals surface area contributed by atoms with Gasteiger partial charge in [0.25, 0.3) is 0 Å². The molecule has 82 valence electrons. The second kappa shape index (κ2) is 4.49. The Morgan fingerprint density at radius 3 is 3.07 bits per heavy atom. The van der Waals surface area contributed by atoms with Gasteiger partial charge in [-0.2, -0.15) is 0 Å². The van der Waals surface area contributed by atoms with Gasteiger partial charge in [0, 0.05) is 12.6 Å². The summed E-state index contributed by atoms with van der Waals surface area (Å²) in [4.78, 5) is 4.05. The second-order valence-corrected chi connectivity index (χ2v) is 4.02. The molecule has 0 saturated carbocycles. The molecule has 1 fully saturated rings. The molecule has 1 aliphatic rings. The van der Waals surface area contributed by atoms with Gasteiger partial charge in [-0.05, 0) is 31.9 Å². The van der Waals surface area contributed by atoms with Crippen LogP contribution in [0, 0.1) is 0 Å². The molecule has 0 spiro atoms. The van der Waals surface area contributed by atoms with Gasteiger partial charge in [-0.15, -0.1) is 0 Å². The minimum atomic E-state index is 0.345. The molecule has 1 aliphatic heterocycles. The summed E-state index contributed by atoms with van der Waals surface area (Å²) in [7, 11) is 0. The summed E-state index contributed by atoms with van der Waals surface area (Å²) in [6, 6.07) is 4.26. The number of nitrogen functional groups attached to an aromatic ring is 1. The number of aromatic nitrogens is 1. The Morgan fingerprint density at radius 2 is 2.40 bits per heavy atom. The van der Waals surface area contributed by atoms with Gasteiger partial charge < -0.3 is 15.8 Å². The average Bonchev–Trinajstić information content (AvgIpc) is 2.22. The van der Waals surface area contributed by atoms with Gasteiger partial charge in [-0.3, -0.25) is 0 Å². The highest BCUT2D eigenvalue weighted by atomic mass is 16.5. The van der Waals surface area contributed by atoms with Crippen LogP contribution in [0.15, 0.2) is 18.3 Å². The van der Waals surface area contributed by atoms with E-state index in [1.807, 2.05) is 12.1 Å². The van der Waals surface area contributed by atoms with Gasteiger partial charge in [0.1, 0.15) is 5.82 Å². The molecule has 15 heavy (non-hydrogen) atoms. The number of anilines is 2. The number of hydrogen-bond acceptors (Lipinski definition) is 4. The van der Waals surface area contributed by atoms with Crippen LogP contribution in [0.1, 0.15) is 19.8 Å². The van der Waals surface area contributed by atoms with Crippen molar-refractivity contribution in [1.82, 2.24) is 4.98 Å². The number of hydrogen-bond donors (Lipinski definition) is 2. The number of rotatable bonds is 2. The minimum Gasteiger partial charge on any atom is -0.384 e. The van der Waals surface area contributed by atoms with Crippen molar-refractivity contribution in [2.75, 3.05) is 17.7 Å². The molecule has 4 nitrogen and oxygen atoms in total. The third-order valence-electron chi connectivity index (χ3n) is 2.64. The first-order valence-electron chi connectivity index (χ1n) is 5.33. The molecule has 2 unspecified atom stereocenters. The molecule has 0 aromatic carbocycles. The fraction of sp³-hybridized carbons (Fsp3) is 0.545. The molecule has 0 radical (unpaired) electrons. The zero-order chi connectivity index (χ0) is 10.7. The summed E-state index contributed by atoms with van der Waals surface area (Å²) < 4.78 is 5.49. The minimum absolute atomic E-state index is 0.345. The Hall–Kier alpha value is -1.29. The van der Waals surface area contributed by atoms with Crippen molar-refractivity contribution < 1.29 is 4.74 Å². The number of pyridine rings is 1. The smallest absolute Gasteiger partial charge is 0.123 e. The third kappa shape index (κ3) is 2.83. The van der Waals surface area contributed by atoms with E-state index in [0.717, 1.165) is 25.1 Å². The van der Waals surface area contributed by atoms with E-state index in [1.54, 1.807) is 6.20 Å². The second-order valence-electron chi connectivity index (χ2n) is 4.02. The van der Waals surface area contributed by atoms with E-state index >= 15 is 0 Å². The van der Waals surface area contributed by atoms with Crippen molar-refractivity contribution in [2.24, 2.45) is 0 Å². The summed E-state index contributed by atoms with van der Waals surface area (Å²) in [5.74, 6) is 0.556. The van der Waals surface area contributed by atoms with E-state index in [0.29, 0.717) is 18.0 Å². The summed E-state index contributed by atoms with van der Waals surface area (Å²) in [5.41, 5.74) is 6.55. The summed E-state index contributed by atoms with van der Waals surface area (Å²) in [6.45, 7) is 2.94. The Labute approximate surface area is 89.8 Å². The lowest BCUT2D eigenvalue weighted by atomic mass is 10.0. The molecular formula is C11H17N3O. The predicted octanol–water partition coefficient (Wildman–Crippen LogP) is 1.64. The lowest BCUT2D eigenvalue weighted by Gasteiger charge is -2.28. The largest absolute Gasteiger partial charge is 0.384 e. The summed E-state index contributed by atoms with van der Waals surface area (Å²) >= 11 is 0. The Kier molecular flexibility index (Phi) is 3.06. The molecule has 0 bridgehead atoms. The van der Waals surface area contributed by atoms with E-state index < -0.39 is 0 Å². The molecule has 2 rings (SSSR count). The SMILES string of the molecule is CC1CC(Nc2ccc(N)nc2)CCO1. The van der Waals surface area contributed by atoms with Crippen LogP contribution >= 0.6 is 0 Å². The van der Waals surface area contributed by atoms with Crippen LogP contribution in [-0.2, 0) is 4.74 Å². The standard InChI is InChI=1S/C11H17N3O/c1-8-6-9(4-5-15-8)14-10-2-3-11(12)13-7-10/h2-3,7-9,14H,4-6H2,1H3,(H2,12,13). The van der Waals surface area contributed by atoms with Gasteiger partial charge in [-0.1, -0.05) is 0 Å². The van der Waals surface area contributed by atoms with Crippen molar-refractivity contribution in [1.29, 1.82) is 0 Å². The van der Waals surface area contributed by atoms with Crippen LogP contribution in [0.4, 0.5) is 11.5 Å². The quantitative estimate of drug-likeness (QED) is 0.774. The van der Waals surface area contributed by atoms with E-state index in [4.69, 9.17) is 10.5 Å². The molecule has 0 amide bonds. The highest BCUT2D eigenvalue weighted by Gasteiger charge is 2.18. The highest BCUT2D eigenvalue weighted by Crippen LogP contribution is 2.18. The molecule has 1 aromatic heterocycles. The van der Waals surface area contributed by atoms with Crippen LogP contribution in [0.5, 0.6) is 0 Å². The lowest BCUT2D eigenvalue weighted by Crippen LogP contribution is -2.32. The topological polar surface area (TPSA) is 60.2 Å². The fourth-order valence-corrected chi connectivity index (χ4v) is 1.86. The highest BCUT2D eigenvalue weighted by molar-refractivity contribution is 5.46. The molecule has 4 heteroatoms. The molecule has 3 N–H and O–H groups in total. The van der Waals surface area contributed by atoms with Gasteiger partial charge in [0.05, 0.1) is 18.0 Å². The molecule has 0 aliphatic carbocycles. The van der Waals surface area contributed by atoms with Crippen molar-refractivity contribution in [2.45, 2.75) is 31.9 Å². The third-order valence-corrected chi connectivity index (χ3v) is 2.64. The van der Waals surface area contributed by atoms with Crippen LogP contribution < -0.4 is 11.1 Å². The van der Waals surface area contributed by atoms with Crippen molar-refractivity contribution >= 4 is 11.5 Å². The van der Waals surface area contributed by atoms with Gasteiger partial charge >= 0.3 is 0 Å². The van der Waals surface area contributed by atoms with Crippen molar-refractivity contribution in [3.63, 3.8) is 0 Å². The number of nitrogens with zero attached hydrogens (tertiary/aromatic N) is 1. The summed E-state index contributed by atoms with van der Waals surface area (Å²) in [6.07, 6.45) is 4.21. The molecule has 1 aromatic rings. The predicted molar refractivity (Wildman–Crippen MR) is 60.7 cm³/mol. The molecular weight excluding hydrogens is 190 g/mol. The first-order chi connectivity index (χ1) is 7.24. The van der Waals surface area contributed by atoms with Crippen molar-refractivity contribution in [3.05, 3.63) is 18.3 Å². The van der Waals surface area contributed by atoms with E-state index in [9.17, 15) is 0 Å². The van der Waals surface area contributed by atoms with Crippen molar-refractivity contribution in [3.8, 4) is 0 Å². The number of ether oxygens (including phenoxy) is 1. The number of nitrogens with one attached hydrogen (secondary N) is 1. The fourth-order valence-electron chi connectivity index (χ4n) is 1.86. The van der Waals surface area contributed by atoms with Gasteiger partial charge in [0.15, 0.2) is 0 Å². The molecule has 1 saturated heterocycles. The number of nitrogens with two attached hydrogens (primary N) is 1. The Balaban J connectivity index is 1.93. The average molecular weight is 207 g/mol. The zero-order valence-corrected chi connectivity index (χ0v) is 8.94. The first kappa shape index (κ1) is 10.2. The van der Waals surface area contributed by atoms with E-state index in [-0.39, 0.29) is 0 Å². The van der Waals surface area contributed by atoms with Crippen LogP contribution in [0.3, 0.4) is 0 Å². The molecule has 2 atom stereocenters. The molecule has 2 heterocycles. The van der Waals surface area contributed by atoms with Crippen LogP contribution in [0.2, 0.25) is 0 Å². The van der Waals surface area contributed by atoms with E-state index in [1.165, 1.54) is 0 Å². The summed E-state index contributed by atoms with van der Waals surface area (Å²) in [5, 5.41) is 3.44. The lowest BCUT2D eigenvalue weighted by molar-refractivity contribution is 0.0232.